The predicted octanol–water partition coefficient (Wildman–Crippen LogP) is 3.01. The average molecular weight is 327 g/mol. The number of nitrogens with zero attached hydrogens (tertiary/aromatic N) is 4. The summed E-state index contributed by atoms with van der Waals surface area (Å²) >= 11 is 12.1. The Morgan fingerprint density at radius 3 is 2.57 bits per heavy atom. The molecule has 0 unspecified atom stereocenters. The number of piperazine rings is 1. The van der Waals surface area contributed by atoms with Gasteiger partial charge in [0.1, 0.15) is 11.6 Å². The summed E-state index contributed by atoms with van der Waals surface area (Å²) in [6, 6.07) is 3.71. The van der Waals surface area contributed by atoms with Crippen molar-refractivity contribution in [2.75, 3.05) is 31.1 Å². The summed E-state index contributed by atoms with van der Waals surface area (Å²) in [4.78, 5) is 8.86. The number of aromatic nitrogens is 2. The minimum absolute atomic E-state index is 0.559. The molecule has 0 spiro atoms. The van der Waals surface area contributed by atoms with Crippen LogP contribution in [0.25, 0.3) is 0 Å². The van der Waals surface area contributed by atoms with Crippen LogP contribution in [0.2, 0.25) is 10.0 Å². The molecule has 1 fully saturated rings. The lowest BCUT2D eigenvalue weighted by Crippen LogP contribution is -2.46. The van der Waals surface area contributed by atoms with Crippen LogP contribution < -0.4 is 4.90 Å². The standard InChI is InChI=1S/C14H16Cl2N4O/c1-10-6-12(18-21-10)9-19-2-4-20(5-3-19)14-13(16)7-11(15)8-17-14/h6-8H,2-5,9H2,1H3. The highest BCUT2D eigenvalue weighted by Crippen LogP contribution is 2.26. The Balaban J connectivity index is 1.59. The van der Waals surface area contributed by atoms with Crippen LogP contribution in [-0.4, -0.2) is 41.2 Å². The maximum absolute atomic E-state index is 6.21. The van der Waals surface area contributed by atoms with E-state index in [1.165, 1.54) is 0 Å². The highest BCUT2D eigenvalue weighted by Gasteiger charge is 2.20. The van der Waals surface area contributed by atoms with Crippen LogP contribution in [0, 0.1) is 6.92 Å². The molecule has 0 bridgehead atoms. The SMILES string of the molecule is Cc1cc(CN2CCN(c3ncc(Cl)cc3Cl)CC2)no1. The number of pyridine rings is 1. The number of hydrogen-bond donors (Lipinski definition) is 0. The molecule has 0 atom stereocenters. The molecule has 1 saturated heterocycles. The normalized spacial score (nSPS) is 16.4. The Hall–Kier alpha value is -1.30. The first-order valence-electron chi connectivity index (χ1n) is 6.82. The minimum Gasteiger partial charge on any atom is -0.361 e. The van der Waals surface area contributed by atoms with E-state index in [1.54, 1.807) is 12.3 Å². The van der Waals surface area contributed by atoms with Crippen LogP contribution in [-0.2, 0) is 6.54 Å². The number of halogens is 2. The predicted molar refractivity (Wildman–Crippen MR) is 83.0 cm³/mol. The Kier molecular flexibility index (Phi) is 4.33. The van der Waals surface area contributed by atoms with Crippen molar-refractivity contribution in [3.05, 3.63) is 39.8 Å². The fourth-order valence-electron chi connectivity index (χ4n) is 2.48. The zero-order valence-corrected chi connectivity index (χ0v) is 13.2. The van der Waals surface area contributed by atoms with Gasteiger partial charge in [0, 0.05) is 45.0 Å². The quantitative estimate of drug-likeness (QED) is 0.867. The molecule has 1 aliphatic heterocycles. The zero-order valence-electron chi connectivity index (χ0n) is 11.7. The van der Waals surface area contributed by atoms with Crippen molar-refractivity contribution in [3.63, 3.8) is 0 Å². The van der Waals surface area contributed by atoms with Crippen molar-refractivity contribution in [2.24, 2.45) is 0 Å². The molecular weight excluding hydrogens is 311 g/mol. The third-order valence-electron chi connectivity index (χ3n) is 3.52. The van der Waals surface area contributed by atoms with Gasteiger partial charge < -0.3 is 9.42 Å². The summed E-state index contributed by atoms with van der Waals surface area (Å²) in [7, 11) is 0. The second kappa shape index (κ2) is 6.22. The third-order valence-corrected chi connectivity index (χ3v) is 4.01. The highest BCUT2D eigenvalue weighted by atomic mass is 35.5. The summed E-state index contributed by atoms with van der Waals surface area (Å²) in [5.41, 5.74) is 0.976. The van der Waals surface area contributed by atoms with Crippen LogP contribution in [0.4, 0.5) is 5.82 Å². The van der Waals surface area contributed by atoms with E-state index in [-0.39, 0.29) is 0 Å². The van der Waals surface area contributed by atoms with E-state index in [0.29, 0.717) is 10.0 Å². The zero-order chi connectivity index (χ0) is 14.8. The van der Waals surface area contributed by atoms with Crippen molar-refractivity contribution < 1.29 is 4.52 Å². The Bertz CT molecular complexity index is 623. The van der Waals surface area contributed by atoms with Crippen LogP contribution >= 0.6 is 23.2 Å². The van der Waals surface area contributed by atoms with Crippen LogP contribution in [0.5, 0.6) is 0 Å². The van der Waals surface area contributed by atoms with Crippen molar-refractivity contribution >= 4 is 29.0 Å². The lowest BCUT2D eigenvalue weighted by molar-refractivity contribution is 0.241. The van der Waals surface area contributed by atoms with Gasteiger partial charge >= 0.3 is 0 Å². The van der Waals surface area contributed by atoms with Crippen LogP contribution in [0.1, 0.15) is 11.5 Å². The van der Waals surface area contributed by atoms with Crippen molar-refractivity contribution in [1.82, 2.24) is 15.0 Å². The molecule has 7 heteroatoms. The molecule has 0 radical (unpaired) electrons. The van der Waals surface area contributed by atoms with E-state index < -0.39 is 0 Å². The van der Waals surface area contributed by atoms with Crippen LogP contribution in [0.15, 0.2) is 22.9 Å². The first kappa shape index (κ1) is 14.6. The summed E-state index contributed by atoms with van der Waals surface area (Å²) < 4.78 is 5.10. The lowest BCUT2D eigenvalue weighted by atomic mass is 10.2. The van der Waals surface area contributed by atoms with Crippen molar-refractivity contribution in [1.29, 1.82) is 0 Å². The molecule has 0 saturated carbocycles. The third kappa shape index (κ3) is 3.48. The van der Waals surface area contributed by atoms with Gasteiger partial charge in [-0.05, 0) is 13.0 Å². The number of aryl methyl sites for hydroxylation is 1. The second-order valence-electron chi connectivity index (χ2n) is 5.15. The largest absolute Gasteiger partial charge is 0.361 e. The summed E-state index contributed by atoms with van der Waals surface area (Å²) in [5, 5.41) is 5.19. The van der Waals surface area contributed by atoms with E-state index >= 15 is 0 Å². The Morgan fingerprint density at radius 1 is 1.19 bits per heavy atom. The average Bonchev–Trinajstić information content (AvgIpc) is 2.85. The molecule has 112 valence electrons. The topological polar surface area (TPSA) is 45.4 Å². The fraction of sp³-hybridized carbons (Fsp3) is 0.429. The lowest BCUT2D eigenvalue weighted by Gasteiger charge is -2.35. The second-order valence-corrected chi connectivity index (χ2v) is 5.99. The number of anilines is 1. The van der Waals surface area contributed by atoms with Crippen molar-refractivity contribution in [2.45, 2.75) is 13.5 Å². The molecule has 1 aliphatic rings. The highest BCUT2D eigenvalue weighted by molar-refractivity contribution is 6.36. The van der Waals surface area contributed by atoms with E-state index in [4.69, 9.17) is 27.7 Å². The summed E-state index contributed by atoms with van der Waals surface area (Å²) in [5.74, 6) is 1.65. The van der Waals surface area contributed by atoms with Crippen molar-refractivity contribution in [3.8, 4) is 0 Å². The number of rotatable bonds is 3. The number of hydrogen-bond acceptors (Lipinski definition) is 5. The first-order valence-corrected chi connectivity index (χ1v) is 7.58. The van der Waals surface area contributed by atoms with E-state index in [2.05, 4.69) is 19.9 Å². The summed E-state index contributed by atoms with van der Waals surface area (Å²) in [6.07, 6.45) is 1.63. The molecule has 3 rings (SSSR count). The fourth-order valence-corrected chi connectivity index (χ4v) is 2.98. The minimum atomic E-state index is 0.559. The van der Waals surface area contributed by atoms with Gasteiger partial charge in [0.25, 0.3) is 0 Å². The first-order chi connectivity index (χ1) is 10.1. The molecule has 0 aromatic carbocycles. The van der Waals surface area contributed by atoms with Gasteiger partial charge in [-0.2, -0.15) is 0 Å². The molecule has 0 aliphatic carbocycles. The van der Waals surface area contributed by atoms with Gasteiger partial charge in [-0.15, -0.1) is 0 Å². The van der Waals surface area contributed by atoms with E-state index in [9.17, 15) is 0 Å². The smallest absolute Gasteiger partial charge is 0.147 e. The van der Waals surface area contributed by atoms with Gasteiger partial charge in [-0.1, -0.05) is 28.4 Å². The van der Waals surface area contributed by atoms with Gasteiger partial charge in [0.2, 0.25) is 0 Å². The molecular formula is C14H16Cl2N4O. The molecule has 0 amide bonds. The molecule has 21 heavy (non-hydrogen) atoms. The van der Waals surface area contributed by atoms with E-state index in [1.807, 2.05) is 13.0 Å². The Morgan fingerprint density at radius 2 is 1.95 bits per heavy atom. The molecule has 2 aromatic heterocycles. The van der Waals surface area contributed by atoms with Gasteiger partial charge in [-0.3, -0.25) is 4.90 Å². The molecule has 3 heterocycles. The maximum Gasteiger partial charge on any atom is 0.147 e. The van der Waals surface area contributed by atoms with Crippen LogP contribution in [0.3, 0.4) is 0 Å². The summed E-state index contributed by atoms with van der Waals surface area (Å²) in [6.45, 7) is 6.35. The maximum atomic E-state index is 6.21. The Labute approximate surface area is 133 Å². The van der Waals surface area contributed by atoms with Gasteiger partial charge in [0.15, 0.2) is 0 Å². The van der Waals surface area contributed by atoms with E-state index in [0.717, 1.165) is 50.0 Å². The monoisotopic (exact) mass is 326 g/mol. The molecule has 5 nitrogen and oxygen atoms in total. The molecule has 2 aromatic rings. The molecule has 0 N–H and O–H groups in total. The van der Waals surface area contributed by atoms with Gasteiger partial charge in [-0.25, -0.2) is 4.98 Å². The van der Waals surface area contributed by atoms with Gasteiger partial charge in [0.05, 0.1) is 15.7 Å².